The highest BCUT2D eigenvalue weighted by molar-refractivity contribution is 7.87. The number of hydrogen-bond donors (Lipinski definition) is 5. The minimum Gasteiger partial charge on any atom is -0.867 e. The summed E-state index contributed by atoms with van der Waals surface area (Å²) in [6.45, 7) is 15.7. The van der Waals surface area contributed by atoms with Gasteiger partial charge in [0.1, 0.15) is 39.4 Å². The summed E-state index contributed by atoms with van der Waals surface area (Å²) in [5, 5.41) is 77.2. The van der Waals surface area contributed by atoms with Gasteiger partial charge in [-0.3, -0.25) is 0 Å². The van der Waals surface area contributed by atoms with Gasteiger partial charge in [0.2, 0.25) is 5.39 Å². The summed E-state index contributed by atoms with van der Waals surface area (Å²) in [5.41, 5.74) is 2.11. The van der Waals surface area contributed by atoms with Gasteiger partial charge in [-0.2, -0.15) is 8.42 Å². The Morgan fingerprint density at radius 3 is 1.38 bits per heavy atom. The van der Waals surface area contributed by atoms with E-state index in [4.69, 9.17) is 9.58 Å². The molecule has 12 heteroatoms. The maximum atomic E-state index is 13.5. The van der Waals surface area contributed by atoms with E-state index in [0.717, 1.165) is 16.7 Å². The van der Waals surface area contributed by atoms with Crippen LogP contribution in [-0.4, -0.2) is 34.0 Å². The first-order chi connectivity index (χ1) is 29.9. The van der Waals surface area contributed by atoms with Gasteiger partial charge < -0.3 is 34.8 Å². The number of diazo groups is 1. The Morgan fingerprint density at radius 1 is 0.500 bits per heavy atom. The molecule has 11 nitrogen and oxygen atoms in total. The van der Waals surface area contributed by atoms with Crippen LogP contribution in [-0.2, 0) is 31.8 Å². The summed E-state index contributed by atoms with van der Waals surface area (Å²) in [7, 11) is -4.42. The zero-order valence-corrected chi connectivity index (χ0v) is 37.6. The first kappa shape index (κ1) is 44.8. The standard InChI is InChI=1S/C52H50N2O9S/c1-49(2,30-15-19-34(55)20-16-30)38-26-40(45(58)28-43(38)56)51(5,6)32-11-9-12-33(25-32)52(7,8)41-27-39(44(57)29-46(41)59)50(3,4)31-17-21-35(22-18-31)63-64(61,62)47-14-10-13-37-36(47)23-24-42(54-53)48(37)60/h9-29H,1-8H3,(H5-,55,56,57,58,59,60). The fourth-order valence-electron chi connectivity index (χ4n) is 8.64. The van der Waals surface area contributed by atoms with E-state index in [0.29, 0.717) is 27.8 Å². The van der Waals surface area contributed by atoms with E-state index in [2.05, 4.69) is 4.98 Å². The molecule has 0 amide bonds. The highest BCUT2D eigenvalue weighted by atomic mass is 32.2. The summed E-state index contributed by atoms with van der Waals surface area (Å²) in [5.74, 6) is -0.861. The number of fused-ring (bicyclic) bond motifs is 1. The highest BCUT2D eigenvalue weighted by Crippen LogP contribution is 2.48. The van der Waals surface area contributed by atoms with Crippen LogP contribution in [0.15, 0.2) is 132 Å². The molecule has 0 unspecified atom stereocenters. The number of hydrogen-bond acceptors (Lipinski definition) is 10. The van der Waals surface area contributed by atoms with E-state index in [1.54, 1.807) is 42.5 Å². The van der Waals surface area contributed by atoms with Gasteiger partial charge in [-0.15, -0.1) is 0 Å². The molecule has 7 rings (SSSR count). The maximum absolute atomic E-state index is 13.5. The van der Waals surface area contributed by atoms with Crippen LogP contribution in [0.25, 0.3) is 15.7 Å². The van der Waals surface area contributed by atoms with E-state index >= 15 is 0 Å². The molecule has 0 fully saturated rings. The molecule has 0 aromatic heterocycles. The van der Waals surface area contributed by atoms with Crippen molar-refractivity contribution in [3.05, 3.63) is 177 Å². The van der Waals surface area contributed by atoms with Crippen molar-refractivity contribution in [1.29, 1.82) is 5.39 Å². The van der Waals surface area contributed by atoms with E-state index in [-0.39, 0.29) is 55.9 Å². The average Bonchev–Trinajstić information content (AvgIpc) is 3.23. The lowest BCUT2D eigenvalue weighted by atomic mass is 9.70. The Kier molecular flexibility index (Phi) is 11.1. The minimum atomic E-state index is -4.42. The van der Waals surface area contributed by atoms with Gasteiger partial charge in [-0.25, -0.2) is 0 Å². The third-order valence-electron chi connectivity index (χ3n) is 12.9. The van der Waals surface area contributed by atoms with Crippen LogP contribution < -0.4 is 9.29 Å². The van der Waals surface area contributed by atoms with Crippen LogP contribution in [0.5, 0.6) is 40.2 Å². The Morgan fingerprint density at radius 2 is 0.922 bits per heavy atom. The topological polar surface area (TPSA) is 196 Å². The molecule has 0 aliphatic rings. The molecule has 0 aliphatic carbocycles. The van der Waals surface area contributed by atoms with Crippen molar-refractivity contribution in [3.8, 4) is 40.2 Å². The third-order valence-corrected chi connectivity index (χ3v) is 14.2. The van der Waals surface area contributed by atoms with Gasteiger partial charge in [0, 0.05) is 67.5 Å². The van der Waals surface area contributed by atoms with Crippen molar-refractivity contribution in [2.45, 2.75) is 81.9 Å². The average molecular weight is 879 g/mol. The molecular formula is C52H50N2O9S. The summed E-state index contributed by atoms with van der Waals surface area (Å²) < 4.78 is 32.5. The fraction of sp³-hybridized carbons (Fsp3) is 0.231. The molecule has 7 aromatic carbocycles. The first-order valence-electron chi connectivity index (χ1n) is 20.6. The SMILES string of the molecule is CC(C)(c1ccc(O)cc1)c1cc(C(C)(C)c2cccc(C(C)(C)c3cc(C(C)(C)c4ccc(OS(=O)(=O)c5cccc6c([O-])c([N+]#N)ccc56)cc4)c(O)cc3O)c2)c(O)cc1O. The predicted molar refractivity (Wildman–Crippen MR) is 245 cm³/mol. The minimum absolute atomic E-state index is 0.0123. The van der Waals surface area contributed by atoms with Crippen LogP contribution in [0.1, 0.15) is 99.9 Å². The smallest absolute Gasteiger partial charge is 0.378 e. The molecule has 5 N–H and O–H groups in total. The lowest BCUT2D eigenvalue weighted by Gasteiger charge is -2.34. The second kappa shape index (κ2) is 15.8. The molecule has 0 bridgehead atoms. The van der Waals surface area contributed by atoms with Crippen molar-refractivity contribution in [3.63, 3.8) is 0 Å². The summed E-state index contributed by atoms with van der Waals surface area (Å²) in [6, 6.07) is 34.2. The molecule has 0 saturated heterocycles. The Balaban J connectivity index is 1.19. The van der Waals surface area contributed by atoms with Crippen molar-refractivity contribution in [2.75, 3.05) is 0 Å². The monoisotopic (exact) mass is 878 g/mol. The van der Waals surface area contributed by atoms with Crippen LogP contribution in [0.4, 0.5) is 5.69 Å². The molecule has 0 saturated carbocycles. The van der Waals surface area contributed by atoms with Gasteiger partial charge in [-0.05, 0) is 81.9 Å². The quantitative estimate of drug-likeness (QED) is 0.0616. The second-order valence-corrected chi connectivity index (χ2v) is 19.8. The third kappa shape index (κ3) is 7.77. The summed E-state index contributed by atoms with van der Waals surface area (Å²) >= 11 is 0. The first-order valence-corrected chi connectivity index (χ1v) is 22.0. The molecule has 0 aliphatic heterocycles. The lowest BCUT2D eigenvalue weighted by Crippen LogP contribution is -2.25. The van der Waals surface area contributed by atoms with E-state index < -0.39 is 37.5 Å². The van der Waals surface area contributed by atoms with Crippen LogP contribution >= 0.6 is 0 Å². The molecular weight excluding hydrogens is 829 g/mol. The van der Waals surface area contributed by atoms with E-state index in [1.807, 2.05) is 85.7 Å². The maximum Gasteiger partial charge on any atom is 0.378 e. The van der Waals surface area contributed by atoms with Crippen LogP contribution in [0.3, 0.4) is 0 Å². The molecule has 0 atom stereocenters. The number of rotatable bonds is 11. The lowest BCUT2D eigenvalue weighted by molar-refractivity contribution is -0.264. The zero-order valence-electron chi connectivity index (χ0n) is 36.8. The molecule has 7 aromatic rings. The second-order valence-electron chi connectivity index (χ2n) is 18.3. The molecule has 0 radical (unpaired) electrons. The normalized spacial score (nSPS) is 12.5. The molecule has 0 spiro atoms. The predicted octanol–water partition coefficient (Wildman–Crippen LogP) is 11.0. The van der Waals surface area contributed by atoms with Gasteiger partial charge in [0.05, 0.1) is 0 Å². The fourth-order valence-corrected chi connectivity index (χ4v) is 9.79. The van der Waals surface area contributed by atoms with Gasteiger partial charge in [0.25, 0.3) is 0 Å². The van der Waals surface area contributed by atoms with Crippen molar-refractivity contribution < 1.29 is 43.2 Å². The number of aromatic hydroxyl groups is 5. The van der Waals surface area contributed by atoms with Crippen LogP contribution in [0, 0.1) is 5.39 Å². The van der Waals surface area contributed by atoms with Crippen molar-refractivity contribution in [2.24, 2.45) is 0 Å². The summed E-state index contributed by atoms with van der Waals surface area (Å²) in [6.07, 6.45) is 0. The number of benzene rings is 7. The molecule has 64 heavy (non-hydrogen) atoms. The largest absolute Gasteiger partial charge is 0.867 e. The number of phenolic OH excluding ortho intramolecular Hbond substituents is 5. The zero-order chi connectivity index (χ0) is 46.7. The highest BCUT2D eigenvalue weighted by Gasteiger charge is 2.36. The Bertz CT molecular complexity index is 3110. The van der Waals surface area contributed by atoms with Gasteiger partial charge in [-0.1, -0.05) is 116 Å². The van der Waals surface area contributed by atoms with Crippen molar-refractivity contribution >= 4 is 26.6 Å². The van der Waals surface area contributed by atoms with Crippen LogP contribution in [0.2, 0.25) is 0 Å². The van der Waals surface area contributed by atoms with Gasteiger partial charge >= 0.3 is 15.8 Å². The van der Waals surface area contributed by atoms with Gasteiger partial charge in [0.15, 0.2) is 4.98 Å². The molecule has 328 valence electrons. The van der Waals surface area contributed by atoms with E-state index in [1.165, 1.54) is 54.6 Å². The van der Waals surface area contributed by atoms with Crippen molar-refractivity contribution in [1.82, 2.24) is 0 Å². The Hall–Kier alpha value is -7.23. The number of nitrogens with zero attached hydrogens (tertiary/aromatic N) is 2. The Labute approximate surface area is 372 Å². The molecule has 0 heterocycles. The van der Waals surface area contributed by atoms with E-state index in [9.17, 15) is 39.1 Å². The number of phenols is 5. The summed E-state index contributed by atoms with van der Waals surface area (Å²) in [4.78, 5) is 2.74.